The predicted molar refractivity (Wildman–Crippen MR) is 101 cm³/mol. The van der Waals surface area contributed by atoms with Gasteiger partial charge in [0.25, 0.3) is 0 Å². The van der Waals surface area contributed by atoms with E-state index in [1.807, 2.05) is 23.4 Å². The molecule has 0 atom stereocenters. The van der Waals surface area contributed by atoms with Gasteiger partial charge in [-0.15, -0.1) is 0 Å². The van der Waals surface area contributed by atoms with Crippen LogP contribution in [-0.4, -0.2) is 49.6 Å². The quantitative estimate of drug-likeness (QED) is 0.846. The summed E-state index contributed by atoms with van der Waals surface area (Å²) in [6.07, 6.45) is 7.27. The van der Waals surface area contributed by atoms with Crippen LogP contribution in [0.2, 0.25) is 0 Å². The number of hydrogen-bond acceptors (Lipinski definition) is 5. The number of nitrogens with one attached hydrogen (secondary N) is 1. The molecule has 0 radical (unpaired) electrons. The van der Waals surface area contributed by atoms with E-state index in [0.29, 0.717) is 12.8 Å². The Hall–Kier alpha value is -2.41. The molecule has 0 aromatic carbocycles. The first-order chi connectivity index (χ1) is 13.1. The Kier molecular flexibility index (Phi) is 3.75. The number of rotatable bonds is 2. The molecule has 7 nitrogen and oxygen atoms in total. The van der Waals surface area contributed by atoms with E-state index in [-0.39, 0.29) is 23.5 Å². The van der Waals surface area contributed by atoms with Crippen LogP contribution < -0.4 is 5.32 Å². The summed E-state index contributed by atoms with van der Waals surface area (Å²) in [5.41, 5.74) is 1.96. The summed E-state index contributed by atoms with van der Waals surface area (Å²) >= 11 is 0. The largest absolute Gasteiger partial charge is 0.393 e. The molecule has 1 aliphatic carbocycles. The standard InChI is InChI=1S/C20H25N5O2/c1-2-17-22-12-16-20(23-15-4-3-7-21-18(15)25(16)17)5-8-24(9-6-20)19(27)13-10-14(26)11-13/h3-4,7,12-14,23,26H,2,5-6,8-11H2,1H3. The molecule has 1 spiro atoms. The van der Waals surface area contributed by atoms with Crippen LogP contribution in [0.15, 0.2) is 24.5 Å². The van der Waals surface area contributed by atoms with Gasteiger partial charge in [0, 0.05) is 31.6 Å². The lowest BCUT2D eigenvalue weighted by atomic mass is 9.79. The molecular weight excluding hydrogens is 342 g/mol. The van der Waals surface area contributed by atoms with Gasteiger partial charge in [-0.25, -0.2) is 9.97 Å². The summed E-state index contributed by atoms with van der Waals surface area (Å²) in [6.45, 7) is 3.56. The summed E-state index contributed by atoms with van der Waals surface area (Å²) in [5.74, 6) is 2.15. The van der Waals surface area contributed by atoms with Crippen molar-refractivity contribution in [3.05, 3.63) is 36.0 Å². The van der Waals surface area contributed by atoms with Crippen molar-refractivity contribution >= 4 is 11.6 Å². The van der Waals surface area contributed by atoms with Crippen molar-refractivity contribution in [1.29, 1.82) is 0 Å². The molecule has 142 valence electrons. The Bertz CT molecular complexity index is 878. The normalized spacial score (nSPS) is 25.3. The smallest absolute Gasteiger partial charge is 0.225 e. The minimum atomic E-state index is -0.291. The van der Waals surface area contributed by atoms with Crippen molar-refractivity contribution in [2.75, 3.05) is 18.4 Å². The first-order valence-electron chi connectivity index (χ1n) is 9.89. The van der Waals surface area contributed by atoms with Gasteiger partial charge >= 0.3 is 0 Å². The molecule has 27 heavy (non-hydrogen) atoms. The Morgan fingerprint density at radius 2 is 2.11 bits per heavy atom. The van der Waals surface area contributed by atoms with Crippen LogP contribution in [0.5, 0.6) is 0 Å². The number of carbonyl (C=O) groups excluding carboxylic acids is 1. The van der Waals surface area contributed by atoms with E-state index in [4.69, 9.17) is 0 Å². The summed E-state index contributed by atoms with van der Waals surface area (Å²) in [5, 5.41) is 13.2. The maximum absolute atomic E-state index is 12.7. The fourth-order valence-electron chi connectivity index (χ4n) is 4.75. The Labute approximate surface area is 158 Å². The SMILES string of the molecule is CCc1ncc2n1-c1ncccc1NC21CCN(C(=O)C2CC(O)C2)CC1. The molecule has 2 N–H and O–H groups in total. The molecule has 7 heteroatoms. The van der Waals surface area contributed by atoms with E-state index in [9.17, 15) is 9.90 Å². The van der Waals surface area contributed by atoms with Crippen molar-refractivity contribution < 1.29 is 9.90 Å². The number of carbonyl (C=O) groups is 1. The third-order valence-corrected chi connectivity index (χ3v) is 6.40. The lowest BCUT2D eigenvalue weighted by Gasteiger charge is -2.47. The molecule has 0 unspecified atom stereocenters. The van der Waals surface area contributed by atoms with Crippen molar-refractivity contribution in [2.24, 2.45) is 5.92 Å². The highest BCUT2D eigenvalue weighted by molar-refractivity contribution is 5.80. The molecule has 2 aliphatic heterocycles. The van der Waals surface area contributed by atoms with E-state index in [2.05, 4.69) is 32.8 Å². The molecule has 0 bridgehead atoms. The van der Waals surface area contributed by atoms with Gasteiger partial charge in [-0.2, -0.15) is 0 Å². The number of fused-ring (bicyclic) bond motifs is 4. The van der Waals surface area contributed by atoms with Crippen molar-refractivity contribution in [1.82, 2.24) is 19.4 Å². The lowest BCUT2D eigenvalue weighted by Crippen LogP contribution is -2.53. The van der Waals surface area contributed by atoms with Crippen LogP contribution in [0.4, 0.5) is 5.69 Å². The minimum absolute atomic E-state index is 0.00973. The third kappa shape index (κ3) is 2.48. The molecule has 3 aliphatic rings. The second-order valence-corrected chi connectivity index (χ2v) is 7.98. The highest BCUT2D eigenvalue weighted by Crippen LogP contribution is 2.43. The zero-order valence-electron chi connectivity index (χ0n) is 15.6. The van der Waals surface area contributed by atoms with Crippen molar-refractivity contribution in [3.63, 3.8) is 0 Å². The van der Waals surface area contributed by atoms with Crippen LogP contribution in [0, 0.1) is 5.92 Å². The number of hydrogen-bond donors (Lipinski definition) is 2. The van der Waals surface area contributed by atoms with Gasteiger partial charge in [0.15, 0.2) is 5.82 Å². The molecule has 1 amide bonds. The van der Waals surface area contributed by atoms with E-state index >= 15 is 0 Å². The lowest BCUT2D eigenvalue weighted by molar-refractivity contribution is -0.143. The highest BCUT2D eigenvalue weighted by Gasteiger charge is 2.45. The number of imidazole rings is 1. The number of aromatic nitrogens is 3. The summed E-state index contributed by atoms with van der Waals surface area (Å²) in [7, 11) is 0. The van der Waals surface area contributed by atoms with Crippen LogP contribution in [0.25, 0.3) is 5.82 Å². The summed E-state index contributed by atoms with van der Waals surface area (Å²) in [6, 6.07) is 4.02. The van der Waals surface area contributed by atoms with Crippen LogP contribution in [-0.2, 0) is 16.8 Å². The summed E-state index contributed by atoms with van der Waals surface area (Å²) < 4.78 is 2.20. The Balaban J connectivity index is 1.43. The number of pyridine rings is 1. The minimum Gasteiger partial charge on any atom is -0.393 e. The van der Waals surface area contributed by atoms with Gasteiger partial charge in [-0.1, -0.05) is 6.92 Å². The number of aliphatic hydroxyl groups excluding tert-OH is 1. The maximum Gasteiger partial charge on any atom is 0.225 e. The van der Waals surface area contributed by atoms with Crippen LogP contribution >= 0.6 is 0 Å². The number of nitrogens with zero attached hydrogens (tertiary/aromatic N) is 4. The molecule has 1 saturated carbocycles. The third-order valence-electron chi connectivity index (χ3n) is 6.40. The number of aliphatic hydroxyl groups is 1. The molecule has 5 rings (SSSR count). The molecule has 2 fully saturated rings. The zero-order chi connectivity index (χ0) is 18.6. The highest BCUT2D eigenvalue weighted by atomic mass is 16.3. The zero-order valence-corrected chi connectivity index (χ0v) is 15.6. The first kappa shape index (κ1) is 16.7. The second-order valence-electron chi connectivity index (χ2n) is 7.98. The van der Waals surface area contributed by atoms with Crippen molar-refractivity contribution in [2.45, 2.75) is 50.7 Å². The Morgan fingerprint density at radius 1 is 1.33 bits per heavy atom. The van der Waals surface area contributed by atoms with Crippen molar-refractivity contribution in [3.8, 4) is 5.82 Å². The van der Waals surface area contributed by atoms with E-state index in [1.54, 1.807) is 0 Å². The molecule has 1 saturated heterocycles. The first-order valence-corrected chi connectivity index (χ1v) is 9.89. The second kappa shape index (κ2) is 6.05. The molecule has 2 aromatic heterocycles. The maximum atomic E-state index is 12.7. The number of amides is 1. The van der Waals surface area contributed by atoms with Crippen LogP contribution in [0.1, 0.15) is 44.1 Å². The number of aryl methyl sites for hydroxylation is 1. The average Bonchev–Trinajstić information content (AvgIpc) is 3.11. The van der Waals surface area contributed by atoms with Gasteiger partial charge in [0.2, 0.25) is 5.91 Å². The predicted octanol–water partition coefficient (Wildman–Crippen LogP) is 1.84. The van der Waals surface area contributed by atoms with Gasteiger partial charge < -0.3 is 15.3 Å². The van der Waals surface area contributed by atoms with Gasteiger partial charge in [0.05, 0.1) is 29.2 Å². The van der Waals surface area contributed by atoms with Gasteiger partial charge in [-0.05, 0) is 37.8 Å². The summed E-state index contributed by atoms with van der Waals surface area (Å²) in [4.78, 5) is 23.9. The molecule has 4 heterocycles. The number of likely N-dealkylation sites (tertiary alicyclic amines) is 1. The fraction of sp³-hybridized carbons (Fsp3) is 0.550. The van der Waals surface area contributed by atoms with Crippen LogP contribution in [0.3, 0.4) is 0 Å². The van der Waals surface area contributed by atoms with Gasteiger partial charge in [-0.3, -0.25) is 9.36 Å². The van der Waals surface area contributed by atoms with E-state index in [0.717, 1.165) is 55.4 Å². The fourth-order valence-corrected chi connectivity index (χ4v) is 4.75. The molecule has 2 aromatic rings. The number of piperidine rings is 1. The van der Waals surface area contributed by atoms with E-state index in [1.165, 1.54) is 0 Å². The Morgan fingerprint density at radius 3 is 2.81 bits per heavy atom. The molecular formula is C20H25N5O2. The van der Waals surface area contributed by atoms with Gasteiger partial charge in [0.1, 0.15) is 5.82 Å². The van der Waals surface area contributed by atoms with E-state index < -0.39 is 0 Å². The number of anilines is 1. The average molecular weight is 367 g/mol. The monoisotopic (exact) mass is 367 g/mol. The topological polar surface area (TPSA) is 83.3 Å².